The second-order valence-electron chi connectivity index (χ2n) is 5.15. The van der Waals surface area contributed by atoms with Crippen molar-refractivity contribution in [3.63, 3.8) is 0 Å². The van der Waals surface area contributed by atoms with Gasteiger partial charge in [-0.2, -0.15) is 0 Å². The number of nitrogens with zero attached hydrogens (tertiary/aromatic N) is 2. The lowest BCUT2D eigenvalue weighted by molar-refractivity contribution is -0.144. The molecule has 0 radical (unpaired) electrons. The minimum absolute atomic E-state index is 0.271. The number of esters is 1. The molecular formula is C12H19N3O3S. The van der Waals surface area contributed by atoms with Crippen LogP contribution in [0.2, 0.25) is 0 Å². The molecule has 1 aromatic rings. The Hall–Kier alpha value is -1.50. The largest absolute Gasteiger partial charge is 0.464 e. The second kappa shape index (κ2) is 6.10. The standard InChI is InChI=1S/C12H19N3O3S/c1-6-18-11(17)7(2)13-10(16)8-9(12(3,4)5)14-15-19-8/h7H,6H2,1-5H3,(H,13,16). The Morgan fingerprint density at radius 1 is 1.42 bits per heavy atom. The number of hydrogen-bond donors (Lipinski definition) is 1. The van der Waals surface area contributed by atoms with E-state index in [1.807, 2.05) is 20.8 Å². The van der Waals surface area contributed by atoms with E-state index in [0.717, 1.165) is 11.5 Å². The summed E-state index contributed by atoms with van der Waals surface area (Å²) in [6, 6.07) is -0.692. The highest BCUT2D eigenvalue weighted by molar-refractivity contribution is 7.08. The summed E-state index contributed by atoms with van der Waals surface area (Å²) in [5.74, 6) is -0.800. The Labute approximate surface area is 116 Å². The topological polar surface area (TPSA) is 81.2 Å². The van der Waals surface area contributed by atoms with E-state index >= 15 is 0 Å². The predicted molar refractivity (Wildman–Crippen MR) is 72.2 cm³/mol. The number of carbonyl (C=O) groups excluding carboxylic acids is 2. The lowest BCUT2D eigenvalue weighted by Gasteiger charge is -2.17. The Morgan fingerprint density at radius 2 is 2.05 bits per heavy atom. The zero-order valence-electron chi connectivity index (χ0n) is 11.8. The van der Waals surface area contributed by atoms with Gasteiger partial charge in [-0.1, -0.05) is 25.3 Å². The quantitative estimate of drug-likeness (QED) is 0.848. The molecule has 1 unspecified atom stereocenters. The molecule has 1 aromatic heterocycles. The van der Waals surface area contributed by atoms with Crippen molar-refractivity contribution in [1.29, 1.82) is 0 Å². The van der Waals surface area contributed by atoms with Gasteiger partial charge in [0, 0.05) is 5.41 Å². The van der Waals surface area contributed by atoms with Gasteiger partial charge < -0.3 is 10.1 Å². The highest BCUT2D eigenvalue weighted by Crippen LogP contribution is 2.25. The average molecular weight is 285 g/mol. The van der Waals surface area contributed by atoms with Crippen LogP contribution in [0.25, 0.3) is 0 Å². The molecule has 106 valence electrons. The van der Waals surface area contributed by atoms with Crippen LogP contribution in [0.15, 0.2) is 0 Å². The molecule has 1 atom stereocenters. The number of aromatic nitrogens is 2. The van der Waals surface area contributed by atoms with Crippen LogP contribution in [0.1, 0.15) is 50.0 Å². The fourth-order valence-corrected chi connectivity index (χ4v) is 2.20. The molecule has 0 saturated heterocycles. The summed E-state index contributed by atoms with van der Waals surface area (Å²) in [6.45, 7) is 9.45. The van der Waals surface area contributed by atoms with Crippen LogP contribution in [-0.2, 0) is 14.9 Å². The van der Waals surface area contributed by atoms with Crippen LogP contribution in [0.3, 0.4) is 0 Å². The van der Waals surface area contributed by atoms with Crippen molar-refractivity contribution in [2.75, 3.05) is 6.61 Å². The van der Waals surface area contributed by atoms with Crippen molar-refractivity contribution in [3.8, 4) is 0 Å². The van der Waals surface area contributed by atoms with Gasteiger partial charge in [0.2, 0.25) is 0 Å². The molecule has 1 amide bonds. The van der Waals surface area contributed by atoms with Crippen molar-refractivity contribution in [2.24, 2.45) is 0 Å². The van der Waals surface area contributed by atoms with Gasteiger partial charge in [0.05, 0.1) is 12.3 Å². The van der Waals surface area contributed by atoms with E-state index < -0.39 is 12.0 Å². The maximum atomic E-state index is 12.1. The van der Waals surface area contributed by atoms with Crippen molar-refractivity contribution in [1.82, 2.24) is 14.9 Å². The summed E-state index contributed by atoms with van der Waals surface area (Å²) in [5, 5.41) is 6.58. The van der Waals surface area contributed by atoms with Crippen molar-refractivity contribution >= 4 is 23.4 Å². The number of ether oxygens (including phenoxy) is 1. The van der Waals surface area contributed by atoms with Gasteiger partial charge in [0.15, 0.2) is 0 Å². The molecule has 0 fully saturated rings. The molecule has 1 rings (SSSR count). The van der Waals surface area contributed by atoms with Crippen LogP contribution in [0.5, 0.6) is 0 Å². The van der Waals surface area contributed by atoms with Gasteiger partial charge in [-0.3, -0.25) is 4.79 Å². The molecular weight excluding hydrogens is 266 g/mol. The molecule has 0 bridgehead atoms. The molecule has 7 heteroatoms. The highest BCUT2D eigenvalue weighted by atomic mass is 32.1. The summed E-state index contributed by atoms with van der Waals surface area (Å²) >= 11 is 1.03. The molecule has 0 spiro atoms. The van der Waals surface area contributed by atoms with Gasteiger partial charge in [0.25, 0.3) is 5.91 Å². The number of amides is 1. The van der Waals surface area contributed by atoms with Gasteiger partial charge in [-0.25, -0.2) is 4.79 Å². The SMILES string of the molecule is CCOC(=O)C(C)NC(=O)c1snnc1C(C)(C)C. The fourth-order valence-electron chi connectivity index (χ4n) is 1.42. The van der Waals surface area contributed by atoms with Crippen molar-refractivity contribution < 1.29 is 14.3 Å². The molecule has 0 aromatic carbocycles. The van der Waals surface area contributed by atoms with Crippen LogP contribution in [-0.4, -0.2) is 34.1 Å². The van der Waals surface area contributed by atoms with E-state index in [9.17, 15) is 9.59 Å². The van der Waals surface area contributed by atoms with E-state index in [-0.39, 0.29) is 17.9 Å². The lowest BCUT2D eigenvalue weighted by Crippen LogP contribution is -2.40. The zero-order valence-corrected chi connectivity index (χ0v) is 12.6. The smallest absolute Gasteiger partial charge is 0.328 e. The first kappa shape index (κ1) is 15.6. The number of carbonyl (C=O) groups is 2. The molecule has 1 N–H and O–H groups in total. The number of nitrogens with one attached hydrogen (secondary N) is 1. The molecule has 19 heavy (non-hydrogen) atoms. The van der Waals surface area contributed by atoms with Crippen LogP contribution in [0.4, 0.5) is 0 Å². The van der Waals surface area contributed by atoms with Crippen molar-refractivity contribution in [2.45, 2.75) is 46.1 Å². The number of hydrogen-bond acceptors (Lipinski definition) is 6. The third-order valence-electron chi connectivity index (χ3n) is 2.39. The van der Waals surface area contributed by atoms with Crippen LogP contribution >= 0.6 is 11.5 Å². The maximum Gasteiger partial charge on any atom is 0.328 e. The van der Waals surface area contributed by atoms with Crippen LogP contribution < -0.4 is 5.32 Å². The molecule has 0 saturated carbocycles. The molecule has 0 aliphatic heterocycles. The maximum absolute atomic E-state index is 12.1. The van der Waals surface area contributed by atoms with Crippen molar-refractivity contribution in [3.05, 3.63) is 10.6 Å². The van der Waals surface area contributed by atoms with Crippen LogP contribution in [0, 0.1) is 0 Å². The summed E-state index contributed by atoms with van der Waals surface area (Å²) in [6.07, 6.45) is 0. The van der Waals surface area contributed by atoms with Gasteiger partial charge in [0.1, 0.15) is 10.9 Å². The first-order valence-electron chi connectivity index (χ1n) is 6.07. The average Bonchev–Trinajstić information content (AvgIpc) is 2.77. The normalized spacial score (nSPS) is 12.9. The fraction of sp³-hybridized carbons (Fsp3) is 0.667. The monoisotopic (exact) mass is 285 g/mol. The summed E-state index contributed by atoms with van der Waals surface area (Å²) in [4.78, 5) is 24.0. The van der Waals surface area contributed by atoms with E-state index in [4.69, 9.17) is 4.74 Å². The number of rotatable bonds is 4. The van der Waals surface area contributed by atoms with Gasteiger partial charge in [-0.15, -0.1) is 5.10 Å². The minimum atomic E-state index is -0.692. The van der Waals surface area contributed by atoms with E-state index in [2.05, 4.69) is 14.9 Å². The summed E-state index contributed by atoms with van der Waals surface area (Å²) < 4.78 is 8.65. The molecule has 6 nitrogen and oxygen atoms in total. The predicted octanol–water partition coefficient (Wildman–Crippen LogP) is 1.52. The molecule has 1 heterocycles. The molecule has 0 aliphatic rings. The Kier molecular flexibility index (Phi) is 4.99. The third-order valence-corrected chi connectivity index (χ3v) is 3.12. The third kappa shape index (κ3) is 3.99. The minimum Gasteiger partial charge on any atom is -0.464 e. The first-order valence-corrected chi connectivity index (χ1v) is 6.85. The Bertz CT molecular complexity index is 465. The highest BCUT2D eigenvalue weighted by Gasteiger charge is 2.28. The van der Waals surface area contributed by atoms with Gasteiger partial charge in [-0.05, 0) is 25.4 Å². The van der Waals surface area contributed by atoms with E-state index in [1.165, 1.54) is 0 Å². The summed E-state index contributed by atoms with van der Waals surface area (Å²) in [7, 11) is 0. The Morgan fingerprint density at radius 3 is 2.58 bits per heavy atom. The Balaban J connectivity index is 2.80. The van der Waals surface area contributed by atoms with E-state index in [0.29, 0.717) is 10.6 Å². The lowest BCUT2D eigenvalue weighted by atomic mass is 9.91. The second-order valence-corrected chi connectivity index (χ2v) is 5.90. The summed E-state index contributed by atoms with van der Waals surface area (Å²) in [5.41, 5.74) is 0.360. The first-order chi connectivity index (χ1) is 8.77. The zero-order chi connectivity index (χ0) is 14.6. The molecule has 0 aliphatic carbocycles. The van der Waals surface area contributed by atoms with E-state index in [1.54, 1.807) is 13.8 Å². The van der Waals surface area contributed by atoms with Gasteiger partial charge >= 0.3 is 5.97 Å².